The smallest absolute Gasteiger partial charge is 0.337 e. The number of methoxy groups -OCH3 is 2. The highest BCUT2D eigenvalue weighted by molar-refractivity contribution is 5.90. The molecule has 0 unspecified atom stereocenters. The molecule has 0 aliphatic carbocycles. The highest BCUT2D eigenvalue weighted by atomic mass is 16.5. The van der Waals surface area contributed by atoms with Crippen molar-refractivity contribution >= 4 is 5.97 Å². The number of carbonyl (C=O) groups is 1. The monoisotopic (exact) mass is 390 g/mol. The molecule has 0 atom stereocenters. The van der Waals surface area contributed by atoms with E-state index in [1.165, 1.54) is 71.3 Å². The van der Waals surface area contributed by atoms with Crippen LogP contribution in [0.2, 0.25) is 0 Å². The van der Waals surface area contributed by atoms with E-state index in [1.807, 2.05) is 12.1 Å². The van der Waals surface area contributed by atoms with E-state index in [2.05, 4.69) is 13.8 Å². The molecule has 0 radical (unpaired) electrons. The first kappa shape index (κ1) is 24.5. The van der Waals surface area contributed by atoms with Crippen LogP contribution in [0.3, 0.4) is 0 Å². The van der Waals surface area contributed by atoms with Gasteiger partial charge in [0.1, 0.15) is 5.75 Å². The fourth-order valence-electron chi connectivity index (χ4n) is 3.82. The number of hydrogen-bond acceptors (Lipinski definition) is 3. The van der Waals surface area contributed by atoms with Gasteiger partial charge in [-0.3, -0.25) is 0 Å². The molecule has 0 aromatic heterocycles. The summed E-state index contributed by atoms with van der Waals surface area (Å²) in [7, 11) is 3.20. The number of benzene rings is 1. The second-order valence-electron chi connectivity index (χ2n) is 7.85. The van der Waals surface area contributed by atoms with E-state index in [1.54, 1.807) is 7.11 Å². The number of carbonyl (C=O) groups excluding carboxylic acids is 1. The molecule has 1 aromatic rings. The molecule has 0 aliphatic rings. The molecule has 0 amide bonds. The van der Waals surface area contributed by atoms with E-state index >= 15 is 0 Å². The summed E-state index contributed by atoms with van der Waals surface area (Å²) in [5.41, 5.74) is 2.97. The number of rotatable bonds is 16. The van der Waals surface area contributed by atoms with Crippen molar-refractivity contribution in [1.29, 1.82) is 0 Å². The van der Waals surface area contributed by atoms with Gasteiger partial charge in [0.05, 0.1) is 19.8 Å². The summed E-state index contributed by atoms with van der Waals surface area (Å²) in [6.07, 6.45) is 17.1. The van der Waals surface area contributed by atoms with E-state index in [0.717, 1.165) is 42.6 Å². The van der Waals surface area contributed by atoms with Crippen molar-refractivity contribution < 1.29 is 14.3 Å². The van der Waals surface area contributed by atoms with Crippen LogP contribution in [0.15, 0.2) is 12.1 Å². The minimum absolute atomic E-state index is 0.254. The first-order chi connectivity index (χ1) is 13.7. The predicted octanol–water partition coefficient (Wildman–Crippen LogP) is 7.29. The number of hydrogen-bond donors (Lipinski definition) is 0. The number of aryl methyl sites for hydroxylation is 2. The zero-order valence-corrected chi connectivity index (χ0v) is 18.8. The molecule has 0 fully saturated rings. The topological polar surface area (TPSA) is 35.5 Å². The van der Waals surface area contributed by atoms with Crippen molar-refractivity contribution in [3.63, 3.8) is 0 Å². The Morgan fingerprint density at radius 3 is 1.54 bits per heavy atom. The van der Waals surface area contributed by atoms with Gasteiger partial charge < -0.3 is 9.47 Å². The van der Waals surface area contributed by atoms with Gasteiger partial charge in [-0.05, 0) is 48.9 Å². The summed E-state index contributed by atoms with van der Waals surface area (Å²) in [4.78, 5) is 12.2. The van der Waals surface area contributed by atoms with E-state index < -0.39 is 0 Å². The SMILES string of the molecule is CCCCCCCCc1cc(C(=O)OC)cc(CCCCCCCC)c1OC. The highest BCUT2D eigenvalue weighted by Gasteiger charge is 2.15. The van der Waals surface area contributed by atoms with Crippen molar-refractivity contribution in [2.24, 2.45) is 0 Å². The van der Waals surface area contributed by atoms with E-state index in [9.17, 15) is 4.79 Å². The molecule has 1 rings (SSSR count). The third-order valence-electron chi connectivity index (χ3n) is 5.47. The molecule has 0 aliphatic heterocycles. The summed E-state index contributed by atoms with van der Waals surface area (Å²) in [6.45, 7) is 4.49. The van der Waals surface area contributed by atoms with Gasteiger partial charge in [0, 0.05) is 0 Å². The maximum absolute atomic E-state index is 12.2. The Bertz CT molecular complexity index is 514. The van der Waals surface area contributed by atoms with Crippen LogP contribution in [0, 0.1) is 0 Å². The zero-order valence-electron chi connectivity index (χ0n) is 18.8. The molecule has 0 saturated heterocycles. The Labute approximate surface area is 173 Å². The van der Waals surface area contributed by atoms with Crippen molar-refractivity contribution in [2.45, 2.75) is 104 Å². The average Bonchev–Trinajstić information content (AvgIpc) is 2.72. The first-order valence-corrected chi connectivity index (χ1v) is 11.5. The minimum atomic E-state index is -0.254. The molecular weight excluding hydrogens is 348 g/mol. The van der Waals surface area contributed by atoms with Crippen LogP contribution in [-0.4, -0.2) is 20.2 Å². The van der Waals surface area contributed by atoms with E-state index in [-0.39, 0.29) is 5.97 Å². The molecular formula is C25H42O3. The molecule has 1 aromatic carbocycles. The second kappa shape index (κ2) is 15.4. The van der Waals surface area contributed by atoms with Crippen LogP contribution < -0.4 is 4.74 Å². The van der Waals surface area contributed by atoms with Crippen molar-refractivity contribution in [2.75, 3.05) is 14.2 Å². The summed E-state index contributed by atoms with van der Waals surface area (Å²) < 4.78 is 10.8. The Kier molecular flexibility index (Phi) is 13.5. The van der Waals surface area contributed by atoms with Gasteiger partial charge in [-0.15, -0.1) is 0 Å². The van der Waals surface area contributed by atoms with Gasteiger partial charge in [0.25, 0.3) is 0 Å². The minimum Gasteiger partial charge on any atom is -0.496 e. The average molecular weight is 391 g/mol. The normalized spacial score (nSPS) is 10.9. The van der Waals surface area contributed by atoms with Gasteiger partial charge in [0.15, 0.2) is 0 Å². The van der Waals surface area contributed by atoms with Crippen LogP contribution >= 0.6 is 0 Å². The lowest BCUT2D eigenvalue weighted by Crippen LogP contribution is -2.06. The molecule has 0 heterocycles. The molecule has 0 N–H and O–H groups in total. The van der Waals surface area contributed by atoms with Crippen molar-refractivity contribution in [1.82, 2.24) is 0 Å². The van der Waals surface area contributed by atoms with Crippen LogP contribution in [0.5, 0.6) is 5.75 Å². The summed E-state index contributed by atoms with van der Waals surface area (Å²) in [5, 5.41) is 0. The summed E-state index contributed by atoms with van der Waals surface area (Å²) >= 11 is 0. The van der Waals surface area contributed by atoms with E-state index in [4.69, 9.17) is 9.47 Å². The van der Waals surface area contributed by atoms with Crippen LogP contribution in [0.25, 0.3) is 0 Å². The third kappa shape index (κ3) is 9.12. The lowest BCUT2D eigenvalue weighted by Gasteiger charge is -2.16. The lowest BCUT2D eigenvalue weighted by atomic mass is 9.95. The van der Waals surface area contributed by atoms with Crippen molar-refractivity contribution in [3.05, 3.63) is 28.8 Å². The second-order valence-corrected chi connectivity index (χ2v) is 7.85. The number of ether oxygens (including phenoxy) is 2. The van der Waals surface area contributed by atoms with Gasteiger partial charge >= 0.3 is 5.97 Å². The fourth-order valence-corrected chi connectivity index (χ4v) is 3.82. The Morgan fingerprint density at radius 2 is 1.14 bits per heavy atom. The standard InChI is InChI=1S/C25H42O3/c1-5-7-9-11-13-15-17-21-19-23(25(26)28-4)20-22(24(21)27-3)18-16-14-12-10-8-6-2/h19-20H,5-18H2,1-4H3. The van der Waals surface area contributed by atoms with Crippen molar-refractivity contribution in [3.8, 4) is 5.75 Å². The zero-order chi connectivity index (χ0) is 20.6. The first-order valence-electron chi connectivity index (χ1n) is 11.5. The summed E-state index contributed by atoms with van der Waals surface area (Å²) in [5.74, 6) is 0.728. The fraction of sp³-hybridized carbons (Fsp3) is 0.720. The number of unbranched alkanes of at least 4 members (excludes halogenated alkanes) is 10. The third-order valence-corrected chi connectivity index (χ3v) is 5.47. The molecule has 3 heteroatoms. The number of esters is 1. The Hall–Kier alpha value is -1.51. The molecule has 3 nitrogen and oxygen atoms in total. The quantitative estimate of drug-likeness (QED) is 0.220. The molecule has 0 saturated carbocycles. The highest BCUT2D eigenvalue weighted by Crippen LogP contribution is 2.30. The maximum Gasteiger partial charge on any atom is 0.337 e. The van der Waals surface area contributed by atoms with Gasteiger partial charge in [-0.1, -0.05) is 78.1 Å². The van der Waals surface area contributed by atoms with Crippen LogP contribution in [0.1, 0.15) is 112 Å². The van der Waals surface area contributed by atoms with E-state index in [0.29, 0.717) is 5.56 Å². The van der Waals surface area contributed by atoms with Gasteiger partial charge in [0.2, 0.25) is 0 Å². The molecule has 28 heavy (non-hydrogen) atoms. The van der Waals surface area contributed by atoms with Gasteiger partial charge in [-0.25, -0.2) is 4.79 Å². The van der Waals surface area contributed by atoms with Crippen LogP contribution in [-0.2, 0) is 17.6 Å². The molecule has 0 spiro atoms. The lowest BCUT2D eigenvalue weighted by molar-refractivity contribution is 0.0600. The summed E-state index contributed by atoms with van der Waals surface area (Å²) in [6, 6.07) is 3.95. The molecule has 0 bridgehead atoms. The molecule has 160 valence electrons. The predicted molar refractivity (Wildman–Crippen MR) is 118 cm³/mol. The van der Waals surface area contributed by atoms with Crippen LogP contribution in [0.4, 0.5) is 0 Å². The largest absolute Gasteiger partial charge is 0.496 e. The maximum atomic E-state index is 12.2. The Balaban J connectivity index is 2.77. The van der Waals surface area contributed by atoms with Gasteiger partial charge in [-0.2, -0.15) is 0 Å². The Morgan fingerprint density at radius 1 is 0.714 bits per heavy atom.